The molecule has 1 amide bonds. The van der Waals surface area contributed by atoms with Gasteiger partial charge < -0.3 is 10.1 Å². The Labute approximate surface area is 161 Å². The summed E-state index contributed by atoms with van der Waals surface area (Å²) in [7, 11) is -2.21. The molecule has 0 atom stereocenters. The molecule has 0 radical (unpaired) electrons. The number of benzene rings is 2. The molecule has 2 N–H and O–H groups in total. The maximum Gasteiger partial charge on any atom is 0.261 e. The molecule has 7 heteroatoms. The molecule has 146 valence electrons. The number of hydrogen-bond acceptors (Lipinski definition) is 4. The molecule has 0 aliphatic heterocycles. The van der Waals surface area contributed by atoms with Crippen LogP contribution in [0.1, 0.15) is 42.1 Å². The zero-order valence-corrected chi connectivity index (χ0v) is 16.7. The van der Waals surface area contributed by atoms with E-state index in [4.69, 9.17) is 4.74 Å². The average molecular weight is 391 g/mol. The number of methoxy groups -OCH3 is 1. The molecular weight excluding hydrogens is 364 g/mol. The molecule has 0 saturated heterocycles. The third-order valence-corrected chi connectivity index (χ3v) is 5.41. The van der Waals surface area contributed by atoms with Crippen LogP contribution in [0.5, 0.6) is 0 Å². The Morgan fingerprint density at radius 1 is 1.11 bits per heavy atom. The van der Waals surface area contributed by atoms with Crippen molar-refractivity contribution in [2.45, 2.75) is 31.1 Å². The van der Waals surface area contributed by atoms with Crippen LogP contribution in [0.3, 0.4) is 0 Å². The van der Waals surface area contributed by atoms with Gasteiger partial charge in [0.2, 0.25) is 0 Å². The quantitative estimate of drug-likeness (QED) is 0.643. The molecule has 27 heavy (non-hydrogen) atoms. The monoisotopic (exact) mass is 390 g/mol. The summed E-state index contributed by atoms with van der Waals surface area (Å²) in [6.45, 7) is 5.01. The number of para-hydroxylation sites is 1. The van der Waals surface area contributed by atoms with Gasteiger partial charge in [0.1, 0.15) is 0 Å². The molecular formula is C20H26N2O4S. The second-order valence-corrected chi connectivity index (χ2v) is 8.16. The summed E-state index contributed by atoms with van der Waals surface area (Å²) in [6.07, 6.45) is 0.688. The first kappa shape index (κ1) is 20.9. The smallest absolute Gasteiger partial charge is 0.261 e. The fourth-order valence-corrected chi connectivity index (χ4v) is 3.76. The molecule has 2 aromatic carbocycles. The molecule has 0 fully saturated rings. The van der Waals surface area contributed by atoms with Crippen molar-refractivity contribution in [3.63, 3.8) is 0 Å². The summed E-state index contributed by atoms with van der Waals surface area (Å²) in [5.41, 5.74) is 1.75. The van der Waals surface area contributed by atoms with E-state index in [0.29, 0.717) is 30.8 Å². The Kier molecular flexibility index (Phi) is 7.38. The highest BCUT2D eigenvalue weighted by Crippen LogP contribution is 2.26. The first-order valence-corrected chi connectivity index (χ1v) is 10.3. The van der Waals surface area contributed by atoms with E-state index in [2.05, 4.69) is 10.0 Å². The minimum absolute atomic E-state index is 0.0469. The van der Waals surface area contributed by atoms with E-state index in [1.54, 1.807) is 31.4 Å². The number of rotatable bonds is 9. The molecule has 0 heterocycles. The SMILES string of the molecule is COCCCNC(=O)c1cccc(S(=O)(=O)Nc2ccccc2C(C)C)c1. The minimum Gasteiger partial charge on any atom is -0.385 e. The Morgan fingerprint density at radius 3 is 2.56 bits per heavy atom. The number of sulfonamides is 1. The summed E-state index contributed by atoms with van der Waals surface area (Å²) >= 11 is 0. The van der Waals surface area contributed by atoms with Crippen LogP contribution >= 0.6 is 0 Å². The molecule has 6 nitrogen and oxygen atoms in total. The number of carbonyl (C=O) groups excluding carboxylic acids is 1. The summed E-state index contributed by atoms with van der Waals surface area (Å²) in [5.74, 6) is -0.140. The van der Waals surface area contributed by atoms with E-state index in [-0.39, 0.29) is 16.7 Å². The third kappa shape index (κ3) is 5.80. The van der Waals surface area contributed by atoms with Crippen molar-refractivity contribution in [2.24, 2.45) is 0 Å². The Hall–Kier alpha value is -2.38. The predicted molar refractivity (Wildman–Crippen MR) is 107 cm³/mol. The molecule has 2 rings (SSSR count). The number of amides is 1. The predicted octanol–water partition coefficient (Wildman–Crippen LogP) is 3.38. The van der Waals surface area contributed by atoms with E-state index >= 15 is 0 Å². The fourth-order valence-electron chi connectivity index (χ4n) is 2.62. The van der Waals surface area contributed by atoms with Crippen molar-refractivity contribution in [1.29, 1.82) is 0 Å². The summed E-state index contributed by atoms with van der Waals surface area (Å²) in [5, 5.41) is 2.75. The van der Waals surface area contributed by atoms with E-state index in [1.807, 2.05) is 26.0 Å². The van der Waals surface area contributed by atoms with Gasteiger partial charge in [0.15, 0.2) is 0 Å². The first-order chi connectivity index (χ1) is 12.8. The molecule has 0 aliphatic carbocycles. The highest BCUT2D eigenvalue weighted by Gasteiger charge is 2.18. The number of carbonyl (C=O) groups is 1. The molecule has 0 aromatic heterocycles. The average Bonchev–Trinajstić information content (AvgIpc) is 2.65. The highest BCUT2D eigenvalue weighted by molar-refractivity contribution is 7.92. The lowest BCUT2D eigenvalue weighted by Gasteiger charge is -2.15. The normalized spacial score (nSPS) is 11.4. The topological polar surface area (TPSA) is 84.5 Å². The van der Waals surface area contributed by atoms with Crippen LogP contribution in [0.4, 0.5) is 5.69 Å². The standard InChI is InChI=1S/C20H26N2O4S/c1-15(2)18-10-4-5-11-19(18)22-27(24,25)17-9-6-8-16(14-17)20(23)21-12-7-13-26-3/h4-6,8-11,14-15,22H,7,12-13H2,1-3H3,(H,21,23). The van der Waals surface area contributed by atoms with Gasteiger partial charge in [-0.2, -0.15) is 0 Å². The van der Waals surface area contributed by atoms with Gasteiger partial charge in [0.25, 0.3) is 15.9 Å². The summed E-state index contributed by atoms with van der Waals surface area (Å²) < 4.78 is 33.2. The van der Waals surface area contributed by atoms with Crippen molar-refractivity contribution in [3.8, 4) is 0 Å². The lowest BCUT2D eigenvalue weighted by Crippen LogP contribution is -2.25. The zero-order valence-electron chi connectivity index (χ0n) is 15.9. The van der Waals surface area contributed by atoms with E-state index in [1.165, 1.54) is 12.1 Å². The Morgan fingerprint density at radius 2 is 1.85 bits per heavy atom. The van der Waals surface area contributed by atoms with E-state index in [0.717, 1.165) is 5.56 Å². The largest absolute Gasteiger partial charge is 0.385 e. The van der Waals surface area contributed by atoms with Gasteiger partial charge in [-0.3, -0.25) is 9.52 Å². The van der Waals surface area contributed by atoms with Crippen molar-refractivity contribution in [3.05, 3.63) is 59.7 Å². The van der Waals surface area contributed by atoms with Gasteiger partial charge in [0, 0.05) is 25.8 Å². The number of nitrogens with one attached hydrogen (secondary N) is 2. The Balaban J connectivity index is 2.19. The zero-order chi connectivity index (χ0) is 19.9. The number of anilines is 1. The van der Waals surface area contributed by atoms with Gasteiger partial charge in [-0.1, -0.05) is 38.1 Å². The lowest BCUT2D eigenvalue weighted by molar-refractivity contribution is 0.0948. The van der Waals surface area contributed by atoms with Crippen molar-refractivity contribution < 1.29 is 17.9 Å². The first-order valence-electron chi connectivity index (χ1n) is 8.84. The molecule has 0 aliphatic rings. The fraction of sp³-hybridized carbons (Fsp3) is 0.350. The van der Waals surface area contributed by atoms with Crippen LogP contribution in [-0.2, 0) is 14.8 Å². The second kappa shape index (κ2) is 9.53. The number of hydrogen-bond donors (Lipinski definition) is 2. The van der Waals surface area contributed by atoms with Crippen LogP contribution in [0, 0.1) is 0 Å². The van der Waals surface area contributed by atoms with Crippen LogP contribution < -0.4 is 10.0 Å². The van der Waals surface area contributed by atoms with Crippen LogP contribution in [0.25, 0.3) is 0 Å². The highest BCUT2D eigenvalue weighted by atomic mass is 32.2. The van der Waals surface area contributed by atoms with E-state index in [9.17, 15) is 13.2 Å². The third-order valence-electron chi connectivity index (χ3n) is 4.04. The lowest BCUT2D eigenvalue weighted by atomic mass is 10.0. The van der Waals surface area contributed by atoms with Crippen molar-refractivity contribution >= 4 is 21.6 Å². The maximum atomic E-state index is 12.8. The summed E-state index contributed by atoms with van der Waals surface area (Å²) in [4.78, 5) is 12.3. The van der Waals surface area contributed by atoms with E-state index < -0.39 is 10.0 Å². The number of ether oxygens (including phenoxy) is 1. The van der Waals surface area contributed by atoms with Gasteiger partial charge >= 0.3 is 0 Å². The maximum absolute atomic E-state index is 12.8. The second-order valence-electron chi connectivity index (χ2n) is 6.48. The summed E-state index contributed by atoms with van der Waals surface area (Å²) in [6, 6.07) is 13.3. The van der Waals surface area contributed by atoms with Gasteiger partial charge in [-0.05, 0) is 42.2 Å². The minimum atomic E-state index is -3.80. The van der Waals surface area contributed by atoms with Gasteiger partial charge in [0.05, 0.1) is 10.6 Å². The van der Waals surface area contributed by atoms with Gasteiger partial charge in [-0.25, -0.2) is 8.42 Å². The Bertz CT molecular complexity index is 879. The molecule has 0 spiro atoms. The molecule has 0 unspecified atom stereocenters. The van der Waals surface area contributed by atoms with Crippen molar-refractivity contribution in [2.75, 3.05) is 25.0 Å². The molecule has 0 saturated carbocycles. The van der Waals surface area contributed by atoms with Gasteiger partial charge in [-0.15, -0.1) is 0 Å². The van der Waals surface area contributed by atoms with Crippen LogP contribution in [0.2, 0.25) is 0 Å². The molecule has 0 bridgehead atoms. The van der Waals surface area contributed by atoms with Crippen LogP contribution in [0.15, 0.2) is 53.4 Å². The molecule has 2 aromatic rings. The van der Waals surface area contributed by atoms with Crippen molar-refractivity contribution in [1.82, 2.24) is 5.32 Å². The van der Waals surface area contributed by atoms with Crippen LogP contribution in [-0.4, -0.2) is 34.6 Å².